The van der Waals surface area contributed by atoms with E-state index in [4.69, 9.17) is 4.74 Å². The number of nitrogens with zero attached hydrogens (tertiary/aromatic N) is 1. The predicted molar refractivity (Wildman–Crippen MR) is 93.6 cm³/mol. The summed E-state index contributed by atoms with van der Waals surface area (Å²) in [6.07, 6.45) is 3.08. The number of piperazine rings is 1. The normalized spacial score (nSPS) is 25.0. The van der Waals surface area contributed by atoms with Crippen molar-refractivity contribution in [2.24, 2.45) is 0 Å². The van der Waals surface area contributed by atoms with Crippen molar-refractivity contribution >= 4 is 0 Å². The number of rotatable bonds is 3. The smallest absolute Gasteiger partial charge is 0.127 e. The molecule has 4 heteroatoms. The maximum absolute atomic E-state index is 10.3. The molecule has 1 atom stereocenters. The zero-order valence-electron chi connectivity index (χ0n) is 15.0. The standard InChI is InChI=1S/C19H30N2O2/c1-13-14(2)18-16(15(3)17(13)22)5-6-19(4,23-18)7-10-21-11-8-20-9-12-21/h20,22H,5-12H2,1-4H3. The van der Waals surface area contributed by atoms with Crippen LogP contribution in [0.5, 0.6) is 11.5 Å². The van der Waals surface area contributed by atoms with Crippen LogP contribution in [0, 0.1) is 20.8 Å². The first-order valence-corrected chi connectivity index (χ1v) is 8.85. The van der Waals surface area contributed by atoms with Gasteiger partial charge in [0.2, 0.25) is 0 Å². The number of hydrogen-bond acceptors (Lipinski definition) is 4. The summed E-state index contributed by atoms with van der Waals surface area (Å²) < 4.78 is 6.50. The van der Waals surface area contributed by atoms with Gasteiger partial charge in [-0.25, -0.2) is 0 Å². The number of aromatic hydroxyl groups is 1. The Morgan fingerprint density at radius 3 is 2.52 bits per heavy atom. The highest BCUT2D eigenvalue weighted by Crippen LogP contribution is 2.44. The summed E-state index contributed by atoms with van der Waals surface area (Å²) in [6.45, 7) is 13.9. The molecule has 2 aliphatic rings. The number of phenolic OH excluding ortho intramolecular Hbond substituents is 1. The van der Waals surface area contributed by atoms with Crippen LogP contribution in [0.2, 0.25) is 0 Å². The summed E-state index contributed by atoms with van der Waals surface area (Å²) in [7, 11) is 0. The van der Waals surface area contributed by atoms with E-state index in [0.29, 0.717) is 5.75 Å². The predicted octanol–water partition coefficient (Wildman–Crippen LogP) is 2.70. The Kier molecular flexibility index (Phi) is 4.56. The minimum Gasteiger partial charge on any atom is -0.507 e. The molecule has 128 valence electrons. The first-order valence-electron chi connectivity index (χ1n) is 8.85. The molecular weight excluding hydrogens is 288 g/mol. The summed E-state index contributed by atoms with van der Waals surface area (Å²) in [4.78, 5) is 2.53. The second-order valence-corrected chi connectivity index (χ2v) is 7.42. The van der Waals surface area contributed by atoms with Crippen LogP contribution in [-0.2, 0) is 6.42 Å². The minimum atomic E-state index is -0.0987. The first-order chi connectivity index (χ1) is 10.9. The lowest BCUT2D eigenvalue weighted by atomic mass is 9.85. The first kappa shape index (κ1) is 16.6. The van der Waals surface area contributed by atoms with Gasteiger partial charge < -0.3 is 20.1 Å². The van der Waals surface area contributed by atoms with E-state index in [-0.39, 0.29) is 5.60 Å². The number of ether oxygens (including phenoxy) is 1. The van der Waals surface area contributed by atoms with E-state index in [1.54, 1.807) is 0 Å². The Bertz CT molecular complexity index is 594. The molecule has 0 spiro atoms. The van der Waals surface area contributed by atoms with Gasteiger partial charge in [0.15, 0.2) is 0 Å². The molecule has 1 saturated heterocycles. The Morgan fingerprint density at radius 1 is 1.13 bits per heavy atom. The van der Waals surface area contributed by atoms with Gasteiger partial charge >= 0.3 is 0 Å². The molecule has 0 amide bonds. The Hall–Kier alpha value is -1.26. The van der Waals surface area contributed by atoms with E-state index >= 15 is 0 Å². The lowest BCUT2D eigenvalue weighted by Gasteiger charge is -2.39. The zero-order chi connectivity index (χ0) is 16.6. The summed E-state index contributed by atoms with van der Waals surface area (Å²) >= 11 is 0. The molecule has 0 aliphatic carbocycles. The number of benzene rings is 1. The maximum Gasteiger partial charge on any atom is 0.127 e. The van der Waals surface area contributed by atoms with Gasteiger partial charge in [-0.15, -0.1) is 0 Å². The zero-order valence-corrected chi connectivity index (χ0v) is 15.0. The number of hydrogen-bond donors (Lipinski definition) is 2. The molecular formula is C19H30N2O2. The summed E-state index contributed by atoms with van der Waals surface area (Å²) in [6, 6.07) is 0. The highest BCUT2D eigenvalue weighted by Gasteiger charge is 2.34. The van der Waals surface area contributed by atoms with Crippen LogP contribution in [0.15, 0.2) is 0 Å². The molecule has 1 unspecified atom stereocenters. The van der Waals surface area contributed by atoms with Gasteiger partial charge in [-0.2, -0.15) is 0 Å². The van der Waals surface area contributed by atoms with Gasteiger partial charge in [0, 0.05) is 38.3 Å². The molecule has 23 heavy (non-hydrogen) atoms. The quantitative estimate of drug-likeness (QED) is 0.899. The molecule has 1 aromatic carbocycles. The molecule has 0 bridgehead atoms. The van der Waals surface area contributed by atoms with Gasteiger partial charge in [-0.05, 0) is 63.6 Å². The van der Waals surface area contributed by atoms with Crippen LogP contribution >= 0.6 is 0 Å². The fourth-order valence-corrected chi connectivity index (χ4v) is 3.80. The van der Waals surface area contributed by atoms with Crippen LogP contribution in [0.4, 0.5) is 0 Å². The molecule has 1 fully saturated rings. The van der Waals surface area contributed by atoms with E-state index in [0.717, 1.165) is 74.4 Å². The number of nitrogens with one attached hydrogen (secondary N) is 1. The Balaban J connectivity index is 1.76. The molecule has 2 N–H and O–H groups in total. The molecule has 3 rings (SSSR count). The van der Waals surface area contributed by atoms with Gasteiger partial charge in [0.05, 0.1) is 0 Å². The van der Waals surface area contributed by atoms with Gasteiger partial charge in [0.25, 0.3) is 0 Å². The summed E-state index contributed by atoms with van der Waals surface area (Å²) in [5.41, 5.74) is 4.14. The van der Waals surface area contributed by atoms with Crippen molar-refractivity contribution in [2.45, 2.75) is 52.6 Å². The number of fused-ring (bicyclic) bond motifs is 1. The van der Waals surface area contributed by atoms with Crippen molar-refractivity contribution in [3.63, 3.8) is 0 Å². The summed E-state index contributed by atoms with van der Waals surface area (Å²) in [5.74, 6) is 1.46. The third-order valence-corrected chi connectivity index (χ3v) is 5.76. The highest BCUT2D eigenvalue weighted by molar-refractivity contribution is 5.58. The Morgan fingerprint density at radius 2 is 1.83 bits per heavy atom. The minimum absolute atomic E-state index is 0.0987. The molecule has 2 aliphatic heterocycles. The van der Waals surface area contributed by atoms with E-state index in [1.165, 1.54) is 5.56 Å². The van der Waals surface area contributed by atoms with Crippen molar-refractivity contribution in [2.75, 3.05) is 32.7 Å². The van der Waals surface area contributed by atoms with E-state index in [2.05, 4.69) is 24.1 Å². The van der Waals surface area contributed by atoms with Crippen molar-refractivity contribution in [1.29, 1.82) is 0 Å². The molecule has 0 saturated carbocycles. The van der Waals surface area contributed by atoms with Crippen LogP contribution < -0.4 is 10.1 Å². The molecule has 2 heterocycles. The molecule has 4 nitrogen and oxygen atoms in total. The van der Waals surface area contributed by atoms with E-state index in [1.807, 2.05) is 13.8 Å². The summed E-state index contributed by atoms with van der Waals surface area (Å²) in [5, 5.41) is 13.7. The van der Waals surface area contributed by atoms with E-state index in [9.17, 15) is 5.11 Å². The molecule has 0 radical (unpaired) electrons. The average Bonchev–Trinajstić information content (AvgIpc) is 2.57. The fraction of sp³-hybridized carbons (Fsp3) is 0.684. The van der Waals surface area contributed by atoms with Crippen molar-refractivity contribution in [1.82, 2.24) is 10.2 Å². The van der Waals surface area contributed by atoms with Crippen molar-refractivity contribution in [3.8, 4) is 11.5 Å². The van der Waals surface area contributed by atoms with Gasteiger partial charge in [-0.1, -0.05) is 0 Å². The van der Waals surface area contributed by atoms with E-state index < -0.39 is 0 Å². The lowest BCUT2D eigenvalue weighted by Crippen LogP contribution is -2.46. The maximum atomic E-state index is 10.3. The third-order valence-electron chi connectivity index (χ3n) is 5.76. The second-order valence-electron chi connectivity index (χ2n) is 7.42. The van der Waals surface area contributed by atoms with Gasteiger partial charge in [0.1, 0.15) is 17.1 Å². The second kappa shape index (κ2) is 6.33. The number of phenols is 1. The van der Waals surface area contributed by atoms with Crippen LogP contribution in [0.1, 0.15) is 42.0 Å². The third kappa shape index (κ3) is 3.20. The molecule has 0 aromatic heterocycles. The van der Waals surface area contributed by atoms with Crippen LogP contribution in [0.3, 0.4) is 0 Å². The largest absolute Gasteiger partial charge is 0.507 e. The lowest BCUT2D eigenvalue weighted by molar-refractivity contribution is 0.0421. The highest BCUT2D eigenvalue weighted by atomic mass is 16.5. The SMILES string of the molecule is Cc1c(C)c2c(c(C)c1O)CCC(C)(CCN1CCNCC1)O2. The van der Waals surface area contributed by atoms with Crippen molar-refractivity contribution < 1.29 is 9.84 Å². The molecule has 1 aromatic rings. The van der Waals surface area contributed by atoms with Crippen LogP contribution in [-0.4, -0.2) is 48.3 Å². The topological polar surface area (TPSA) is 44.7 Å². The van der Waals surface area contributed by atoms with Crippen molar-refractivity contribution in [3.05, 3.63) is 22.3 Å². The fourth-order valence-electron chi connectivity index (χ4n) is 3.80. The van der Waals surface area contributed by atoms with Crippen LogP contribution in [0.25, 0.3) is 0 Å². The monoisotopic (exact) mass is 318 g/mol. The Labute approximate surface area is 139 Å². The van der Waals surface area contributed by atoms with Gasteiger partial charge in [-0.3, -0.25) is 0 Å². The average molecular weight is 318 g/mol.